The predicted molar refractivity (Wildman–Crippen MR) is 159 cm³/mol. The number of ether oxygens (including phenoxy) is 2. The molecule has 3 aromatic carbocycles. The topological polar surface area (TPSA) is 102 Å². The number of carbonyl (C=O) groups excluding carboxylic acids is 2. The molecule has 6 rings (SSSR count). The Morgan fingerprint density at radius 2 is 1.93 bits per heavy atom. The number of hydrogen-bond acceptors (Lipinski definition) is 9. The van der Waals surface area contributed by atoms with Crippen LogP contribution in [-0.2, 0) is 21.8 Å². The molecule has 2 atom stereocenters. The minimum Gasteiger partial charge on any atom is -0.507 e. The summed E-state index contributed by atoms with van der Waals surface area (Å²) < 4.78 is 12.2. The number of anilines is 1. The number of aliphatic hydroxyl groups excluding tert-OH is 1. The maximum absolute atomic E-state index is 13.6. The zero-order valence-corrected chi connectivity index (χ0v) is 24.1. The van der Waals surface area contributed by atoms with Gasteiger partial charge in [-0.05, 0) is 60.9 Å². The first kappa shape index (κ1) is 27.0. The average Bonchev–Trinajstić information content (AvgIpc) is 3.67. The molecular weight excluding hydrogens is 558 g/mol. The van der Waals surface area contributed by atoms with Gasteiger partial charge in [0.05, 0.1) is 18.2 Å². The van der Waals surface area contributed by atoms with Crippen molar-refractivity contribution in [3.05, 3.63) is 101 Å². The molecule has 8 nitrogen and oxygen atoms in total. The van der Waals surface area contributed by atoms with E-state index in [2.05, 4.69) is 10.2 Å². The normalized spacial score (nSPS) is 19.3. The van der Waals surface area contributed by atoms with E-state index in [1.807, 2.05) is 62.4 Å². The van der Waals surface area contributed by atoms with E-state index in [9.17, 15) is 14.7 Å². The van der Waals surface area contributed by atoms with Gasteiger partial charge in [-0.2, -0.15) is 0 Å². The number of carbonyl (C=O) groups is 2. The van der Waals surface area contributed by atoms with Gasteiger partial charge >= 0.3 is 5.91 Å². The molecule has 208 valence electrons. The highest BCUT2D eigenvalue weighted by Gasteiger charge is 2.48. The van der Waals surface area contributed by atoms with Gasteiger partial charge in [0.25, 0.3) is 5.78 Å². The Labute approximate surface area is 245 Å². The highest BCUT2D eigenvalue weighted by molar-refractivity contribution is 8.00. The van der Waals surface area contributed by atoms with Crippen LogP contribution in [0.3, 0.4) is 0 Å². The number of benzene rings is 3. The SMILES string of the molecule is CCOc1cccc([C@@H]2C(=C(O)c3ccc4c(c3)C[C@@H](C)O4)C(=O)C(=O)N2c2nnc(SCc3ccccc3)s2)c1. The van der Waals surface area contributed by atoms with E-state index in [4.69, 9.17) is 9.47 Å². The summed E-state index contributed by atoms with van der Waals surface area (Å²) in [5, 5.41) is 20.4. The van der Waals surface area contributed by atoms with Crippen LogP contribution < -0.4 is 14.4 Å². The number of hydrogen-bond donors (Lipinski definition) is 1. The van der Waals surface area contributed by atoms with Crippen LogP contribution >= 0.6 is 23.1 Å². The van der Waals surface area contributed by atoms with Gasteiger partial charge in [-0.15, -0.1) is 10.2 Å². The Hall–Kier alpha value is -4.15. The van der Waals surface area contributed by atoms with Crippen LogP contribution in [0.5, 0.6) is 11.5 Å². The quantitative estimate of drug-likeness (QED) is 0.0860. The largest absolute Gasteiger partial charge is 0.507 e. The van der Waals surface area contributed by atoms with Gasteiger partial charge in [-0.25, -0.2) is 0 Å². The van der Waals surface area contributed by atoms with Crippen LogP contribution in [0, 0.1) is 0 Å². The van der Waals surface area contributed by atoms with Crippen molar-refractivity contribution in [1.82, 2.24) is 10.2 Å². The molecule has 41 heavy (non-hydrogen) atoms. The summed E-state index contributed by atoms with van der Waals surface area (Å²) in [6.45, 7) is 4.32. The third-order valence-electron chi connectivity index (χ3n) is 6.91. The van der Waals surface area contributed by atoms with Gasteiger partial charge in [0.15, 0.2) is 4.34 Å². The molecule has 2 aliphatic rings. The van der Waals surface area contributed by atoms with Crippen molar-refractivity contribution in [2.75, 3.05) is 11.5 Å². The number of aromatic nitrogens is 2. The van der Waals surface area contributed by atoms with Crippen LogP contribution in [-0.4, -0.2) is 39.7 Å². The van der Waals surface area contributed by atoms with Crippen molar-refractivity contribution in [3.8, 4) is 11.5 Å². The van der Waals surface area contributed by atoms with E-state index < -0.39 is 17.7 Å². The van der Waals surface area contributed by atoms with Gasteiger partial charge in [0.2, 0.25) is 5.13 Å². The number of Topliss-reactive ketones (excluding diaryl/α,β-unsaturated/α-hetero) is 1. The Morgan fingerprint density at radius 3 is 2.73 bits per heavy atom. The monoisotopic (exact) mass is 585 g/mol. The minimum atomic E-state index is -0.918. The first-order chi connectivity index (χ1) is 19.9. The summed E-state index contributed by atoms with van der Waals surface area (Å²) in [4.78, 5) is 28.5. The maximum Gasteiger partial charge on any atom is 0.301 e. The molecule has 4 aromatic rings. The smallest absolute Gasteiger partial charge is 0.301 e. The Kier molecular flexibility index (Phi) is 7.51. The molecule has 1 aromatic heterocycles. The fourth-order valence-electron chi connectivity index (χ4n) is 5.09. The van der Waals surface area contributed by atoms with Crippen molar-refractivity contribution in [2.45, 2.75) is 42.5 Å². The second kappa shape index (κ2) is 11.4. The fourth-order valence-corrected chi connectivity index (χ4v) is 6.91. The summed E-state index contributed by atoms with van der Waals surface area (Å²) in [6.07, 6.45) is 0.722. The lowest BCUT2D eigenvalue weighted by molar-refractivity contribution is -0.132. The first-order valence-corrected chi connectivity index (χ1v) is 15.1. The zero-order valence-electron chi connectivity index (χ0n) is 22.4. The van der Waals surface area contributed by atoms with Crippen LogP contribution in [0.1, 0.15) is 42.1 Å². The molecule has 1 saturated heterocycles. The van der Waals surface area contributed by atoms with E-state index in [1.165, 1.54) is 28.0 Å². The number of nitrogens with zero attached hydrogens (tertiary/aromatic N) is 3. The fraction of sp³-hybridized carbons (Fsp3) is 0.226. The predicted octanol–water partition coefficient (Wildman–Crippen LogP) is 6.18. The van der Waals surface area contributed by atoms with Crippen LogP contribution in [0.2, 0.25) is 0 Å². The molecule has 1 fully saturated rings. The molecule has 0 saturated carbocycles. The molecule has 0 unspecified atom stereocenters. The average molecular weight is 586 g/mol. The van der Waals surface area contributed by atoms with Crippen molar-refractivity contribution in [3.63, 3.8) is 0 Å². The van der Waals surface area contributed by atoms with E-state index in [0.717, 1.165) is 16.9 Å². The maximum atomic E-state index is 13.6. The van der Waals surface area contributed by atoms with Crippen molar-refractivity contribution in [1.29, 1.82) is 0 Å². The standard InChI is InChI=1S/C31H27N3O5S2/c1-3-38-23-11-7-10-20(16-23)26-25(27(35)21-12-13-24-22(15-21)14-18(2)39-24)28(36)29(37)34(26)30-32-33-31(41-30)40-17-19-8-5-4-6-9-19/h4-13,15-16,18,26,35H,3,14,17H2,1-2H3/t18-,26-/m1/s1. The first-order valence-electron chi connectivity index (χ1n) is 13.3. The lowest BCUT2D eigenvalue weighted by Crippen LogP contribution is -2.29. The Morgan fingerprint density at radius 1 is 1.10 bits per heavy atom. The lowest BCUT2D eigenvalue weighted by Gasteiger charge is -2.23. The van der Waals surface area contributed by atoms with E-state index in [0.29, 0.717) is 40.0 Å². The van der Waals surface area contributed by atoms with Gasteiger partial charge in [-0.3, -0.25) is 14.5 Å². The molecule has 3 heterocycles. The molecule has 1 amide bonds. The number of aliphatic hydroxyl groups is 1. The lowest BCUT2D eigenvalue weighted by atomic mass is 9.94. The van der Waals surface area contributed by atoms with Crippen molar-refractivity contribution in [2.24, 2.45) is 0 Å². The molecule has 0 aliphatic carbocycles. The van der Waals surface area contributed by atoms with E-state index in [1.54, 1.807) is 24.3 Å². The van der Waals surface area contributed by atoms with E-state index >= 15 is 0 Å². The molecular formula is C31H27N3O5S2. The molecule has 10 heteroatoms. The molecule has 0 bridgehead atoms. The second-order valence-corrected chi connectivity index (χ2v) is 11.9. The highest BCUT2D eigenvalue weighted by atomic mass is 32.2. The molecule has 1 N–H and O–H groups in total. The number of ketones is 1. The number of rotatable bonds is 8. The van der Waals surface area contributed by atoms with Crippen LogP contribution in [0.25, 0.3) is 5.76 Å². The summed E-state index contributed by atoms with van der Waals surface area (Å²) in [5.74, 6) is 0.235. The molecule has 0 spiro atoms. The minimum absolute atomic E-state index is 0.00995. The van der Waals surface area contributed by atoms with Crippen LogP contribution in [0.4, 0.5) is 5.13 Å². The highest BCUT2D eigenvalue weighted by Crippen LogP contribution is 2.45. The third-order valence-corrected chi connectivity index (χ3v) is 9.03. The summed E-state index contributed by atoms with van der Waals surface area (Å²) in [6, 6.07) is 21.6. The zero-order chi connectivity index (χ0) is 28.5. The van der Waals surface area contributed by atoms with Gasteiger partial charge < -0.3 is 14.6 Å². The number of fused-ring (bicyclic) bond motifs is 1. The summed E-state index contributed by atoms with van der Waals surface area (Å²) in [5.41, 5.74) is 3.13. The van der Waals surface area contributed by atoms with Gasteiger partial charge in [0, 0.05) is 17.7 Å². The Balaban J connectivity index is 1.41. The third kappa shape index (κ3) is 5.32. The number of amides is 1. The van der Waals surface area contributed by atoms with E-state index in [-0.39, 0.29) is 22.6 Å². The second-order valence-electron chi connectivity index (χ2n) is 9.75. The van der Waals surface area contributed by atoms with Crippen molar-refractivity contribution < 1.29 is 24.2 Å². The van der Waals surface area contributed by atoms with Crippen molar-refractivity contribution >= 4 is 45.7 Å². The molecule has 2 aliphatic heterocycles. The summed E-state index contributed by atoms with van der Waals surface area (Å²) in [7, 11) is 0. The van der Waals surface area contributed by atoms with Gasteiger partial charge in [-0.1, -0.05) is 65.6 Å². The number of thioether (sulfide) groups is 1. The van der Waals surface area contributed by atoms with Gasteiger partial charge in [0.1, 0.15) is 23.4 Å². The van der Waals surface area contributed by atoms with Crippen LogP contribution in [0.15, 0.2) is 82.7 Å². The molecule has 0 radical (unpaired) electrons. The Bertz CT molecular complexity index is 1650. The summed E-state index contributed by atoms with van der Waals surface area (Å²) >= 11 is 2.74.